The number of nitriles is 1. The first-order valence-electron chi connectivity index (χ1n) is 9.12. The SMILES string of the molecule is N#Cc1ccc(N2CCN(CCCOc3ccc(C(N)=O)cc3)CC2=O)cc1. The minimum atomic E-state index is -0.462. The molecule has 2 aromatic carbocycles. The Balaban J connectivity index is 1.41. The topological polar surface area (TPSA) is 99.7 Å². The second-order valence-electron chi connectivity index (χ2n) is 6.57. The molecule has 0 bridgehead atoms. The molecule has 7 nitrogen and oxygen atoms in total. The molecule has 0 atom stereocenters. The Labute approximate surface area is 163 Å². The molecule has 0 radical (unpaired) electrons. The van der Waals surface area contributed by atoms with Gasteiger partial charge in [0.2, 0.25) is 11.8 Å². The van der Waals surface area contributed by atoms with Gasteiger partial charge in [-0.05, 0) is 55.0 Å². The van der Waals surface area contributed by atoms with Crippen molar-refractivity contribution < 1.29 is 14.3 Å². The van der Waals surface area contributed by atoms with E-state index in [1.54, 1.807) is 41.3 Å². The molecule has 28 heavy (non-hydrogen) atoms. The Bertz CT molecular complexity index is 872. The molecular formula is C21H22N4O3. The van der Waals surface area contributed by atoms with Crippen LogP contribution in [0.15, 0.2) is 48.5 Å². The molecule has 1 saturated heterocycles. The van der Waals surface area contributed by atoms with Crippen molar-refractivity contribution in [3.8, 4) is 11.8 Å². The number of anilines is 1. The lowest BCUT2D eigenvalue weighted by atomic mass is 10.2. The van der Waals surface area contributed by atoms with Crippen molar-refractivity contribution in [2.75, 3.05) is 37.7 Å². The molecule has 1 heterocycles. The summed E-state index contributed by atoms with van der Waals surface area (Å²) in [5, 5.41) is 8.87. The lowest BCUT2D eigenvalue weighted by Crippen LogP contribution is -2.50. The maximum Gasteiger partial charge on any atom is 0.248 e. The Kier molecular flexibility index (Phi) is 6.25. The van der Waals surface area contributed by atoms with E-state index in [9.17, 15) is 9.59 Å². The van der Waals surface area contributed by atoms with Gasteiger partial charge in [-0.15, -0.1) is 0 Å². The number of carbonyl (C=O) groups excluding carboxylic acids is 2. The van der Waals surface area contributed by atoms with E-state index in [4.69, 9.17) is 15.7 Å². The van der Waals surface area contributed by atoms with Crippen LogP contribution >= 0.6 is 0 Å². The monoisotopic (exact) mass is 378 g/mol. The Hall–Kier alpha value is -3.37. The maximum absolute atomic E-state index is 12.5. The van der Waals surface area contributed by atoms with Crippen LogP contribution in [0.5, 0.6) is 5.75 Å². The molecular weight excluding hydrogens is 356 g/mol. The minimum absolute atomic E-state index is 0.0546. The van der Waals surface area contributed by atoms with Gasteiger partial charge in [0.15, 0.2) is 0 Å². The van der Waals surface area contributed by atoms with Crippen molar-refractivity contribution in [3.05, 3.63) is 59.7 Å². The number of rotatable bonds is 7. The van der Waals surface area contributed by atoms with Crippen molar-refractivity contribution in [2.45, 2.75) is 6.42 Å². The number of piperazine rings is 1. The van der Waals surface area contributed by atoms with Crippen LogP contribution in [0.3, 0.4) is 0 Å². The van der Waals surface area contributed by atoms with Gasteiger partial charge in [-0.2, -0.15) is 5.26 Å². The van der Waals surface area contributed by atoms with Crippen LogP contribution in [0.1, 0.15) is 22.3 Å². The van der Waals surface area contributed by atoms with E-state index >= 15 is 0 Å². The van der Waals surface area contributed by atoms with Crippen LogP contribution in [0.2, 0.25) is 0 Å². The summed E-state index contributed by atoms with van der Waals surface area (Å²) >= 11 is 0. The molecule has 1 fully saturated rings. The lowest BCUT2D eigenvalue weighted by Gasteiger charge is -2.34. The third kappa shape index (κ3) is 4.87. The Morgan fingerprint density at radius 2 is 1.82 bits per heavy atom. The average Bonchev–Trinajstić information content (AvgIpc) is 2.72. The smallest absolute Gasteiger partial charge is 0.248 e. The molecule has 0 aliphatic carbocycles. The Morgan fingerprint density at radius 1 is 1.11 bits per heavy atom. The fraction of sp³-hybridized carbons (Fsp3) is 0.286. The first-order valence-corrected chi connectivity index (χ1v) is 9.12. The minimum Gasteiger partial charge on any atom is -0.494 e. The molecule has 0 aromatic heterocycles. The highest BCUT2D eigenvalue weighted by molar-refractivity contribution is 5.95. The van der Waals surface area contributed by atoms with Crippen LogP contribution in [0.25, 0.3) is 0 Å². The predicted molar refractivity (Wildman–Crippen MR) is 105 cm³/mol. The molecule has 1 aliphatic heterocycles. The molecule has 0 spiro atoms. The number of hydrogen-bond donors (Lipinski definition) is 1. The predicted octanol–water partition coefficient (Wildman–Crippen LogP) is 1.77. The number of hydrogen-bond acceptors (Lipinski definition) is 5. The number of primary amides is 1. The molecule has 1 aliphatic rings. The van der Waals surface area contributed by atoms with Crippen LogP contribution in [0.4, 0.5) is 5.69 Å². The van der Waals surface area contributed by atoms with Crippen molar-refractivity contribution >= 4 is 17.5 Å². The summed E-state index contributed by atoms with van der Waals surface area (Å²) in [6, 6.07) is 15.9. The van der Waals surface area contributed by atoms with E-state index in [1.807, 2.05) is 12.1 Å². The largest absolute Gasteiger partial charge is 0.494 e. The van der Waals surface area contributed by atoms with E-state index in [1.165, 1.54) is 0 Å². The zero-order chi connectivity index (χ0) is 19.9. The van der Waals surface area contributed by atoms with E-state index in [0.717, 1.165) is 25.2 Å². The molecule has 3 rings (SSSR count). The quantitative estimate of drug-likeness (QED) is 0.740. The molecule has 0 unspecified atom stereocenters. The van der Waals surface area contributed by atoms with Crippen molar-refractivity contribution in [1.82, 2.24) is 4.90 Å². The highest BCUT2D eigenvalue weighted by Gasteiger charge is 2.24. The first-order chi connectivity index (χ1) is 13.6. The second-order valence-corrected chi connectivity index (χ2v) is 6.57. The maximum atomic E-state index is 12.5. The number of nitrogens with zero attached hydrogens (tertiary/aromatic N) is 3. The van der Waals surface area contributed by atoms with Crippen LogP contribution in [-0.2, 0) is 4.79 Å². The van der Waals surface area contributed by atoms with E-state index in [0.29, 0.717) is 36.6 Å². The number of amides is 2. The highest BCUT2D eigenvalue weighted by atomic mass is 16.5. The summed E-state index contributed by atoms with van der Waals surface area (Å²) in [5.41, 5.74) is 7.07. The highest BCUT2D eigenvalue weighted by Crippen LogP contribution is 2.18. The summed E-state index contributed by atoms with van der Waals surface area (Å²) in [5.74, 6) is 0.280. The van der Waals surface area contributed by atoms with Gasteiger partial charge < -0.3 is 15.4 Å². The van der Waals surface area contributed by atoms with Crippen LogP contribution < -0.4 is 15.4 Å². The fourth-order valence-corrected chi connectivity index (χ4v) is 3.10. The molecule has 2 amide bonds. The normalized spacial score (nSPS) is 14.5. The Morgan fingerprint density at radius 3 is 2.43 bits per heavy atom. The molecule has 0 saturated carbocycles. The van der Waals surface area contributed by atoms with Crippen molar-refractivity contribution in [2.24, 2.45) is 5.73 Å². The van der Waals surface area contributed by atoms with Crippen LogP contribution in [-0.4, -0.2) is 49.5 Å². The number of nitrogens with two attached hydrogens (primary N) is 1. The van der Waals surface area contributed by atoms with Gasteiger partial charge in [0, 0.05) is 30.9 Å². The zero-order valence-corrected chi connectivity index (χ0v) is 15.5. The van der Waals surface area contributed by atoms with Gasteiger partial charge in [-0.3, -0.25) is 14.5 Å². The third-order valence-electron chi connectivity index (χ3n) is 4.63. The van der Waals surface area contributed by atoms with Crippen LogP contribution in [0, 0.1) is 11.3 Å². The summed E-state index contributed by atoms with van der Waals surface area (Å²) in [6.07, 6.45) is 0.793. The first kappa shape index (κ1) is 19.4. The number of carbonyl (C=O) groups is 2. The number of ether oxygens (including phenoxy) is 1. The van der Waals surface area contributed by atoms with Gasteiger partial charge in [0.1, 0.15) is 5.75 Å². The summed E-state index contributed by atoms with van der Waals surface area (Å²) < 4.78 is 5.67. The fourth-order valence-electron chi connectivity index (χ4n) is 3.10. The van der Waals surface area contributed by atoms with E-state index in [-0.39, 0.29) is 5.91 Å². The van der Waals surface area contributed by atoms with E-state index in [2.05, 4.69) is 11.0 Å². The molecule has 7 heteroatoms. The second kappa shape index (κ2) is 9.02. The molecule has 2 aromatic rings. The van der Waals surface area contributed by atoms with Gasteiger partial charge in [0.05, 0.1) is 24.8 Å². The van der Waals surface area contributed by atoms with Gasteiger partial charge in [-0.1, -0.05) is 0 Å². The summed E-state index contributed by atoms with van der Waals surface area (Å²) in [4.78, 5) is 27.4. The average molecular weight is 378 g/mol. The zero-order valence-electron chi connectivity index (χ0n) is 15.5. The summed E-state index contributed by atoms with van der Waals surface area (Å²) in [7, 11) is 0. The van der Waals surface area contributed by atoms with Crippen molar-refractivity contribution in [3.63, 3.8) is 0 Å². The lowest BCUT2D eigenvalue weighted by molar-refractivity contribution is -0.121. The third-order valence-corrected chi connectivity index (χ3v) is 4.63. The standard InChI is InChI=1S/C21H22N4O3/c22-14-16-2-6-18(7-3-16)25-12-11-24(15-20(25)26)10-1-13-28-19-8-4-17(5-9-19)21(23)27/h2-9H,1,10-13,15H2,(H2,23,27). The van der Waals surface area contributed by atoms with Gasteiger partial charge in [0.25, 0.3) is 0 Å². The van der Waals surface area contributed by atoms with Gasteiger partial charge in [-0.25, -0.2) is 0 Å². The number of benzene rings is 2. The van der Waals surface area contributed by atoms with E-state index < -0.39 is 5.91 Å². The molecule has 2 N–H and O–H groups in total. The summed E-state index contributed by atoms with van der Waals surface area (Å²) in [6.45, 7) is 3.08. The molecule has 144 valence electrons. The van der Waals surface area contributed by atoms with Crippen molar-refractivity contribution in [1.29, 1.82) is 5.26 Å². The van der Waals surface area contributed by atoms with Gasteiger partial charge >= 0.3 is 0 Å².